The maximum atomic E-state index is 11.9. The largest absolute Gasteiger partial charge is 0.294 e. The predicted molar refractivity (Wildman–Crippen MR) is 69.4 cm³/mol. The van der Waals surface area contributed by atoms with E-state index in [0.29, 0.717) is 5.56 Å². The maximum Gasteiger partial charge on any atom is 0.168 e. The molecule has 0 aliphatic heterocycles. The molecule has 0 aromatic heterocycles. The minimum Gasteiger partial charge on any atom is -0.294 e. The van der Waals surface area contributed by atoms with Crippen molar-refractivity contribution in [3.05, 3.63) is 44.4 Å². The fourth-order valence-electron chi connectivity index (χ4n) is 1.34. The Balaban J connectivity index is 2.98. The van der Waals surface area contributed by atoms with Gasteiger partial charge >= 0.3 is 0 Å². The minimum absolute atomic E-state index is 0.0359. The average Bonchev–Trinajstić information content (AvgIpc) is 2.21. The van der Waals surface area contributed by atoms with Crippen LogP contribution in [0, 0.1) is 13.8 Å². The van der Waals surface area contributed by atoms with Gasteiger partial charge in [0.15, 0.2) is 5.78 Å². The number of Topliss-reactive ketones (excluding diaryl/α,β-unsaturated/α-hetero) is 1. The van der Waals surface area contributed by atoms with Crippen LogP contribution in [-0.4, -0.2) is 5.78 Å². The molecule has 1 rings (SSSR count). The molecule has 0 amide bonds. The summed E-state index contributed by atoms with van der Waals surface area (Å²) in [6.45, 7) is 3.81. The lowest BCUT2D eigenvalue weighted by Gasteiger charge is -2.05. The molecule has 0 bridgehead atoms. The molecule has 0 saturated heterocycles. The minimum atomic E-state index is -0.0787. The average molecular weight is 278 g/mol. The molecule has 16 heavy (non-hydrogen) atoms. The van der Waals surface area contributed by atoms with Crippen LogP contribution in [0.15, 0.2) is 27.7 Å². The van der Waals surface area contributed by atoms with Crippen molar-refractivity contribution in [2.75, 3.05) is 0 Å². The van der Waals surface area contributed by atoms with Gasteiger partial charge < -0.3 is 0 Å². The van der Waals surface area contributed by atoms with Crippen LogP contribution in [0.2, 0.25) is 0 Å². The number of hydrogen-bond donors (Lipinski definition) is 0. The van der Waals surface area contributed by atoms with Crippen LogP contribution >= 0.6 is 34.8 Å². The summed E-state index contributed by atoms with van der Waals surface area (Å²) >= 11 is 16.7. The highest BCUT2D eigenvalue weighted by atomic mass is 35.5. The van der Waals surface area contributed by atoms with Crippen LogP contribution in [0.1, 0.15) is 27.9 Å². The number of rotatable bonds is 3. The molecule has 0 fully saturated rings. The molecule has 0 heterocycles. The number of hydrogen-bond acceptors (Lipinski definition) is 1. The second-order valence-corrected chi connectivity index (χ2v) is 4.99. The molecule has 1 aromatic rings. The molecule has 0 saturated carbocycles. The van der Waals surface area contributed by atoms with Crippen molar-refractivity contribution in [3.8, 4) is 0 Å². The maximum absolute atomic E-state index is 11.9. The molecule has 0 unspecified atom stereocenters. The van der Waals surface area contributed by atoms with Gasteiger partial charge in [0.1, 0.15) is 4.49 Å². The quantitative estimate of drug-likeness (QED) is 0.728. The van der Waals surface area contributed by atoms with Crippen molar-refractivity contribution in [2.24, 2.45) is 0 Å². The van der Waals surface area contributed by atoms with E-state index < -0.39 is 0 Å². The number of aryl methyl sites for hydroxylation is 2. The van der Waals surface area contributed by atoms with E-state index in [2.05, 4.69) is 0 Å². The molecule has 0 N–H and O–H groups in total. The molecule has 86 valence electrons. The summed E-state index contributed by atoms with van der Waals surface area (Å²) in [5.74, 6) is -0.0787. The molecular formula is C12H11Cl3O. The van der Waals surface area contributed by atoms with Crippen molar-refractivity contribution < 1.29 is 4.79 Å². The summed E-state index contributed by atoms with van der Waals surface area (Å²) in [6.07, 6.45) is 0.0359. The zero-order chi connectivity index (χ0) is 12.3. The molecule has 1 nitrogen and oxygen atoms in total. The molecule has 1 aromatic carbocycles. The first kappa shape index (κ1) is 13.6. The van der Waals surface area contributed by atoms with Crippen molar-refractivity contribution in [1.82, 2.24) is 0 Å². The van der Waals surface area contributed by atoms with Gasteiger partial charge in [0, 0.05) is 12.0 Å². The topological polar surface area (TPSA) is 17.1 Å². The third-order valence-electron chi connectivity index (χ3n) is 2.21. The second kappa shape index (κ2) is 5.72. The first-order valence-electron chi connectivity index (χ1n) is 4.72. The third kappa shape index (κ3) is 3.51. The highest BCUT2D eigenvalue weighted by Crippen LogP contribution is 2.23. The summed E-state index contributed by atoms with van der Waals surface area (Å²) in [5.41, 5.74) is 2.62. The highest BCUT2D eigenvalue weighted by Gasteiger charge is 2.12. The van der Waals surface area contributed by atoms with Gasteiger partial charge in [-0.1, -0.05) is 52.5 Å². The van der Waals surface area contributed by atoms with Gasteiger partial charge in [-0.2, -0.15) is 0 Å². The van der Waals surface area contributed by atoms with Gasteiger partial charge in [-0.3, -0.25) is 4.79 Å². The Hall–Kier alpha value is -0.500. The van der Waals surface area contributed by atoms with Gasteiger partial charge in [-0.15, -0.1) is 0 Å². The predicted octanol–water partition coefficient (Wildman–Crippen LogP) is 4.76. The van der Waals surface area contributed by atoms with Crippen LogP contribution in [0.5, 0.6) is 0 Å². The normalized spacial score (nSPS) is 10.1. The van der Waals surface area contributed by atoms with E-state index >= 15 is 0 Å². The Morgan fingerprint density at radius 3 is 2.38 bits per heavy atom. The SMILES string of the molecule is Cc1ccc(C)c(C(=O)CC(Cl)=C(Cl)Cl)c1. The molecule has 4 heteroatoms. The van der Waals surface area contributed by atoms with E-state index in [1.807, 2.05) is 32.0 Å². The number of halogens is 3. The Morgan fingerprint density at radius 1 is 1.19 bits per heavy atom. The lowest BCUT2D eigenvalue weighted by molar-refractivity contribution is 0.0994. The van der Waals surface area contributed by atoms with E-state index in [9.17, 15) is 4.79 Å². The lowest BCUT2D eigenvalue weighted by Crippen LogP contribution is -2.02. The molecule has 0 aliphatic carbocycles. The van der Waals surface area contributed by atoms with Crippen molar-refractivity contribution in [3.63, 3.8) is 0 Å². The Morgan fingerprint density at radius 2 is 1.81 bits per heavy atom. The zero-order valence-corrected chi connectivity index (χ0v) is 11.2. The standard InChI is InChI=1S/C12H11Cl3O/c1-7-3-4-8(2)9(5-7)11(16)6-10(13)12(14)15/h3-5H,6H2,1-2H3. The molecule has 0 spiro atoms. The number of benzene rings is 1. The summed E-state index contributed by atoms with van der Waals surface area (Å²) in [7, 11) is 0. The number of carbonyl (C=O) groups is 1. The summed E-state index contributed by atoms with van der Waals surface area (Å²) in [4.78, 5) is 11.9. The van der Waals surface area contributed by atoms with Crippen LogP contribution in [-0.2, 0) is 0 Å². The lowest BCUT2D eigenvalue weighted by atomic mass is 10.0. The van der Waals surface area contributed by atoms with Crippen LogP contribution < -0.4 is 0 Å². The number of allylic oxidation sites excluding steroid dienone is 1. The Labute approximate surface area is 110 Å². The van der Waals surface area contributed by atoms with Crippen molar-refractivity contribution in [1.29, 1.82) is 0 Å². The third-order valence-corrected chi connectivity index (χ3v) is 3.19. The van der Waals surface area contributed by atoms with Gasteiger partial charge in [0.05, 0.1) is 5.03 Å². The van der Waals surface area contributed by atoms with Crippen LogP contribution in [0.25, 0.3) is 0 Å². The van der Waals surface area contributed by atoms with E-state index in [1.54, 1.807) is 0 Å². The Bertz CT molecular complexity index is 446. The summed E-state index contributed by atoms with van der Waals surface area (Å²) in [6, 6.07) is 5.70. The first-order chi connectivity index (χ1) is 7.41. The van der Waals surface area contributed by atoms with Crippen molar-refractivity contribution in [2.45, 2.75) is 20.3 Å². The Kier molecular flexibility index (Phi) is 4.85. The van der Waals surface area contributed by atoms with Gasteiger partial charge in [0.2, 0.25) is 0 Å². The second-order valence-electron chi connectivity index (χ2n) is 3.58. The number of carbonyl (C=O) groups excluding carboxylic acids is 1. The van der Waals surface area contributed by atoms with Crippen LogP contribution in [0.4, 0.5) is 0 Å². The first-order valence-corrected chi connectivity index (χ1v) is 5.85. The smallest absolute Gasteiger partial charge is 0.168 e. The van der Waals surface area contributed by atoms with E-state index in [1.165, 1.54) is 0 Å². The summed E-state index contributed by atoms with van der Waals surface area (Å²) < 4.78 is -0.0553. The van der Waals surface area contributed by atoms with Crippen LogP contribution in [0.3, 0.4) is 0 Å². The molecule has 0 atom stereocenters. The van der Waals surface area contributed by atoms with E-state index in [0.717, 1.165) is 11.1 Å². The number of ketones is 1. The van der Waals surface area contributed by atoms with Gasteiger partial charge in [-0.05, 0) is 25.5 Å². The molecule has 0 radical (unpaired) electrons. The van der Waals surface area contributed by atoms with Gasteiger partial charge in [-0.25, -0.2) is 0 Å². The molecule has 0 aliphatic rings. The van der Waals surface area contributed by atoms with E-state index in [-0.39, 0.29) is 21.7 Å². The highest BCUT2D eigenvalue weighted by molar-refractivity contribution is 6.59. The van der Waals surface area contributed by atoms with E-state index in [4.69, 9.17) is 34.8 Å². The van der Waals surface area contributed by atoms with Crippen molar-refractivity contribution >= 4 is 40.6 Å². The van der Waals surface area contributed by atoms with Gasteiger partial charge in [0.25, 0.3) is 0 Å². The monoisotopic (exact) mass is 276 g/mol. The fourth-order valence-corrected chi connectivity index (χ4v) is 1.59. The zero-order valence-electron chi connectivity index (χ0n) is 8.98. The molecular weight excluding hydrogens is 266 g/mol. The summed E-state index contributed by atoms with van der Waals surface area (Å²) in [5, 5.41) is 0.175. The fraction of sp³-hybridized carbons (Fsp3) is 0.250.